The van der Waals surface area contributed by atoms with Gasteiger partial charge in [0.2, 0.25) is 0 Å². The Morgan fingerprint density at radius 3 is 2.56 bits per heavy atom. The van der Waals surface area contributed by atoms with E-state index in [4.69, 9.17) is 35.4 Å². The smallest absolute Gasteiger partial charge is 0.266 e. The Hall–Kier alpha value is -1.61. The molecule has 1 fully saturated rings. The van der Waals surface area contributed by atoms with Crippen molar-refractivity contribution in [3.05, 3.63) is 38.7 Å². The molecule has 1 saturated heterocycles. The van der Waals surface area contributed by atoms with E-state index in [1.54, 1.807) is 12.1 Å². The van der Waals surface area contributed by atoms with Crippen LogP contribution in [-0.2, 0) is 14.4 Å². The minimum Gasteiger partial charge on any atom is -0.550 e. The summed E-state index contributed by atoms with van der Waals surface area (Å²) in [6.07, 6.45) is 0.549. The zero-order valence-electron chi connectivity index (χ0n) is 12.4. The Bertz CT molecular complexity index is 796. The van der Waals surface area contributed by atoms with Crippen LogP contribution in [0.2, 0.25) is 10.0 Å². The highest BCUT2D eigenvalue weighted by atomic mass is 35.5. The van der Waals surface area contributed by atoms with Gasteiger partial charge in [-0.3, -0.25) is 9.69 Å². The molecule has 1 aromatic carbocycles. The van der Waals surface area contributed by atoms with Gasteiger partial charge in [0.1, 0.15) is 4.32 Å². The number of nitrogens with zero attached hydrogens (tertiary/aromatic N) is 1. The largest absolute Gasteiger partial charge is 0.550 e. The number of carboxylic acids is 2. The van der Waals surface area contributed by atoms with Crippen LogP contribution in [0.1, 0.15) is 18.4 Å². The average molecular weight is 418 g/mol. The molecule has 1 atom stereocenters. The molecular formula is C15H9Cl2NO5S2-2. The van der Waals surface area contributed by atoms with Crippen LogP contribution >= 0.6 is 47.2 Å². The Labute approximate surface area is 162 Å². The number of carbonyl (C=O) groups excluding carboxylic acids is 3. The Balaban J connectivity index is 2.30. The van der Waals surface area contributed by atoms with Crippen LogP contribution < -0.4 is 10.2 Å². The zero-order valence-corrected chi connectivity index (χ0v) is 15.5. The lowest BCUT2D eigenvalue weighted by molar-refractivity contribution is -0.311. The van der Waals surface area contributed by atoms with Gasteiger partial charge in [-0.05, 0) is 36.6 Å². The summed E-state index contributed by atoms with van der Waals surface area (Å²) in [5.41, 5.74) is 0.506. The van der Waals surface area contributed by atoms with Crippen LogP contribution in [0.15, 0.2) is 23.1 Å². The normalized spacial score (nSPS) is 17.2. The number of carbonyl (C=O) groups is 3. The summed E-state index contributed by atoms with van der Waals surface area (Å²) in [4.78, 5) is 35.4. The van der Waals surface area contributed by atoms with Crippen LogP contribution in [0.4, 0.5) is 0 Å². The second kappa shape index (κ2) is 8.18. The highest BCUT2D eigenvalue weighted by molar-refractivity contribution is 8.26. The zero-order chi connectivity index (χ0) is 18.7. The molecule has 0 spiro atoms. The number of benzene rings is 1. The van der Waals surface area contributed by atoms with E-state index in [1.165, 1.54) is 12.1 Å². The maximum atomic E-state index is 12.5. The second-order valence-corrected chi connectivity index (χ2v) is 7.48. The van der Waals surface area contributed by atoms with E-state index in [1.807, 2.05) is 0 Å². The van der Waals surface area contributed by atoms with Gasteiger partial charge in [0, 0.05) is 16.0 Å². The highest BCUT2D eigenvalue weighted by Crippen LogP contribution is 2.36. The maximum absolute atomic E-state index is 12.5. The first kappa shape index (κ1) is 19.7. The van der Waals surface area contributed by atoms with Crippen molar-refractivity contribution >= 4 is 75.4 Å². The molecule has 2 rings (SSSR count). The van der Waals surface area contributed by atoms with Gasteiger partial charge in [-0.25, -0.2) is 0 Å². The standard InChI is InChI=1S/C15H11Cl2NO5S2/c16-8-2-1-7(9(17)6-8)5-11-13(21)18(15(24)25-11)10(14(22)23)3-4-12(19)20/h1-2,5-6,10H,3-4H2,(H,19,20)(H,22,23)/p-2/b11-5+/t10-/m0/s1. The first-order chi connectivity index (χ1) is 11.7. The number of rotatable bonds is 6. The molecule has 1 aliphatic rings. The quantitative estimate of drug-likeness (QED) is 0.499. The third-order valence-electron chi connectivity index (χ3n) is 3.28. The molecule has 0 N–H and O–H groups in total. The Kier molecular flexibility index (Phi) is 6.45. The predicted molar refractivity (Wildman–Crippen MR) is 94.5 cm³/mol. The van der Waals surface area contributed by atoms with Gasteiger partial charge in [-0.1, -0.05) is 53.2 Å². The molecular weight excluding hydrogens is 409 g/mol. The van der Waals surface area contributed by atoms with E-state index in [0.717, 1.165) is 16.7 Å². The number of thiocarbonyl (C=S) groups is 1. The Morgan fingerprint density at radius 2 is 2.00 bits per heavy atom. The minimum atomic E-state index is -1.59. The van der Waals surface area contributed by atoms with Crippen molar-refractivity contribution in [1.82, 2.24) is 4.90 Å². The van der Waals surface area contributed by atoms with Gasteiger partial charge < -0.3 is 19.8 Å². The summed E-state index contributed by atoms with van der Waals surface area (Å²) < 4.78 is -0.00566. The molecule has 10 heteroatoms. The van der Waals surface area contributed by atoms with Crippen molar-refractivity contribution in [2.75, 3.05) is 0 Å². The van der Waals surface area contributed by atoms with Crippen LogP contribution in [-0.4, -0.2) is 33.1 Å². The van der Waals surface area contributed by atoms with Crippen molar-refractivity contribution < 1.29 is 24.6 Å². The number of hydrogen-bond acceptors (Lipinski definition) is 7. The lowest BCUT2D eigenvalue weighted by atomic mass is 10.1. The van der Waals surface area contributed by atoms with Crippen molar-refractivity contribution in [2.45, 2.75) is 18.9 Å². The van der Waals surface area contributed by atoms with E-state index in [9.17, 15) is 24.6 Å². The molecule has 6 nitrogen and oxygen atoms in total. The number of hydrogen-bond donors (Lipinski definition) is 0. The van der Waals surface area contributed by atoms with E-state index >= 15 is 0 Å². The fraction of sp³-hybridized carbons (Fsp3) is 0.200. The first-order valence-corrected chi connectivity index (χ1v) is 8.81. The summed E-state index contributed by atoms with van der Waals surface area (Å²) in [5.74, 6) is -3.68. The van der Waals surface area contributed by atoms with Crippen LogP contribution in [0, 0.1) is 0 Å². The fourth-order valence-corrected chi connectivity index (χ4v) is 3.93. The molecule has 0 bridgehead atoms. The Morgan fingerprint density at radius 1 is 1.32 bits per heavy atom. The number of halogens is 2. The number of thioether (sulfide) groups is 1. The lowest BCUT2D eigenvalue weighted by Crippen LogP contribution is -2.50. The van der Waals surface area contributed by atoms with Gasteiger partial charge in [0.05, 0.1) is 16.9 Å². The summed E-state index contributed by atoms with van der Waals surface area (Å²) in [5, 5.41) is 22.6. The van der Waals surface area contributed by atoms with Crippen LogP contribution in [0.25, 0.3) is 6.08 Å². The molecule has 0 unspecified atom stereocenters. The molecule has 0 aliphatic carbocycles. The van der Waals surface area contributed by atoms with Crippen LogP contribution in [0.5, 0.6) is 0 Å². The third-order valence-corrected chi connectivity index (χ3v) is 5.17. The molecule has 1 amide bonds. The fourth-order valence-electron chi connectivity index (χ4n) is 2.12. The maximum Gasteiger partial charge on any atom is 0.266 e. The molecule has 0 saturated carbocycles. The van der Waals surface area contributed by atoms with Gasteiger partial charge in [0.25, 0.3) is 5.91 Å². The average Bonchev–Trinajstić information content (AvgIpc) is 2.77. The summed E-state index contributed by atoms with van der Waals surface area (Å²) in [6.45, 7) is 0. The van der Waals surface area contributed by atoms with Gasteiger partial charge in [-0.2, -0.15) is 0 Å². The first-order valence-electron chi connectivity index (χ1n) is 6.83. The summed E-state index contributed by atoms with van der Waals surface area (Å²) in [6, 6.07) is 3.20. The van der Waals surface area contributed by atoms with Crippen molar-refractivity contribution in [3.63, 3.8) is 0 Å². The summed E-state index contributed by atoms with van der Waals surface area (Å²) in [7, 11) is 0. The number of amides is 1. The van der Waals surface area contributed by atoms with Gasteiger partial charge in [0.15, 0.2) is 0 Å². The monoisotopic (exact) mass is 417 g/mol. The van der Waals surface area contributed by atoms with Crippen molar-refractivity contribution in [1.29, 1.82) is 0 Å². The third kappa shape index (κ3) is 4.72. The summed E-state index contributed by atoms with van der Waals surface area (Å²) >= 11 is 17.8. The molecule has 132 valence electrons. The molecule has 1 heterocycles. The van der Waals surface area contributed by atoms with E-state index in [0.29, 0.717) is 15.6 Å². The number of carboxylic acid groups (broad SMARTS) is 2. The van der Waals surface area contributed by atoms with E-state index < -0.39 is 30.3 Å². The molecule has 1 aromatic rings. The highest BCUT2D eigenvalue weighted by Gasteiger charge is 2.37. The second-order valence-electron chi connectivity index (χ2n) is 4.96. The van der Waals surface area contributed by atoms with E-state index in [-0.39, 0.29) is 15.6 Å². The van der Waals surface area contributed by atoms with Crippen molar-refractivity contribution in [3.8, 4) is 0 Å². The van der Waals surface area contributed by atoms with Crippen molar-refractivity contribution in [2.24, 2.45) is 0 Å². The predicted octanol–water partition coefficient (Wildman–Crippen LogP) is 0.843. The topological polar surface area (TPSA) is 101 Å². The minimum absolute atomic E-state index is 0.00566. The van der Waals surface area contributed by atoms with E-state index in [2.05, 4.69) is 0 Å². The van der Waals surface area contributed by atoms with Gasteiger partial charge >= 0.3 is 0 Å². The number of aliphatic carboxylic acids is 2. The van der Waals surface area contributed by atoms with Gasteiger partial charge in [-0.15, -0.1) is 0 Å². The molecule has 1 aliphatic heterocycles. The molecule has 25 heavy (non-hydrogen) atoms. The SMILES string of the molecule is O=C([O-])CC[C@@H](C(=O)[O-])N1C(=O)/C(=C\c2ccc(Cl)cc2Cl)SC1=S. The molecule has 0 aromatic heterocycles. The molecule has 0 radical (unpaired) electrons. The lowest BCUT2D eigenvalue weighted by Gasteiger charge is -2.27. The van der Waals surface area contributed by atoms with Crippen LogP contribution in [0.3, 0.4) is 0 Å².